The lowest BCUT2D eigenvalue weighted by molar-refractivity contribution is -0.129. The van der Waals surface area contributed by atoms with Crippen molar-refractivity contribution in [3.05, 3.63) is 52.8 Å². The van der Waals surface area contributed by atoms with Crippen molar-refractivity contribution >= 4 is 17.5 Å². The number of amides is 1. The molecule has 1 heterocycles. The highest BCUT2D eigenvalue weighted by Crippen LogP contribution is 2.16. The van der Waals surface area contributed by atoms with E-state index in [0.29, 0.717) is 18.0 Å². The van der Waals surface area contributed by atoms with E-state index < -0.39 is 0 Å². The van der Waals surface area contributed by atoms with E-state index in [1.165, 1.54) is 0 Å². The Bertz CT molecular complexity index is 525. The molecule has 18 heavy (non-hydrogen) atoms. The van der Waals surface area contributed by atoms with Gasteiger partial charge in [0.1, 0.15) is 0 Å². The molecule has 0 spiro atoms. The van der Waals surface area contributed by atoms with Crippen LogP contribution in [0.15, 0.2) is 36.7 Å². The number of H-pyrrole nitrogens is 1. The zero-order valence-electron chi connectivity index (χ0n) is 10.1. The minimum Gasteiger partial charge on any atom is -0.341 e. The van der Waals surface area contributed by atoms with Crippen LogP contribution in [0.5, 0.6) is 0 Å². The first-order chi connectivity index (χ1) is 8.66. The fraction of sp³-hybridized carbons (Fsp3) is 0.231. The quantitative estimate of drug-likeness (QED) is 0.920. The summed E-state index contributed by atoms with van der Waals surface area (Å²) in [7, 11) is 1.77. The number of hydrogen-bond donors (Lipinski definition) is 1. The van der Waals surface area contributed by atoms with Crippen molar-refractivity contribution in [2.24, 2.45) is 0 Å². The Kier molecular flexibility index (Phi) is 3.99. The van der Waals surface area contributed by atoms with E-state index in [1.54, 1.807) is 30.4 Å². The lowest BCUT2D eigenvalue weighted by Gasteiger charge is -2.16. The van der Waals surface area contributed by atoms with Crippen molar-refractivity contribution in [3.63, 3.8) is 0 Å². The number of halogens is 1. The highest BCUT2D eigenvalue weighted by molar-refractivity contribution is 6.31. The summed E-state index contributed by atoms with van der Waals surface area (Å²) < 4.78 is 0. The number of aromatic nitrogens is 2. The second-order valence-corrected chi connectivity index (χ2v) is 4.53. The lowest BCUT2D eigenvalue weighted by atomic mass is 10.1. The lowest BCUT2D eigenvalue weighted by Crippen LogP contribution is -2.27. The number of likely N-dealkylation sites (N-methyl/N-ethyl adjacent to an activating group) is 1. The Morgan fingerprint density at radius 1 is 1.44 bits per heavy atom. The molecule has 2 rings (SSSR count). The first kappa shape index (κ1) is 12.6. The van der Waals surface area contributed by atoms with Gasteiger partial charge in [0.05, 0.1) is 12.6 Å². The molecule has 1 aromatic heterocycles. The predicted molar refractivity (Wildman–Crippen MR) is 70.2 cm³/mol. The van der Waals surface area contributed by atoms with Gasteiger partial charge in [0, 0.05) is 30.4 Å². The Balaban J connectivity index is 1.98. The van der Waals surface area contributed by atoms with Crippen LogP contribution in [0, 0.1) is 0 Å². The molecule has 0 radical (unpaired) electrons. The van der Waals surface area contributed by atoms with Crippen molar-refractivity contribution in [1.29, 1.82) is 0 Å². The molecular weight excluding hydrogens is 250 g/mol. The summed E-state index contributed by atoms with van der Waals surface area (Å²) in [5.74, 6) is 0.0318. The summed E-state index contributed by atoms with van der Waals surface area (Å²) in [6.45, 7) is 0.541. The van der Waals surface area contributed by atoms with Crippen molar-refractivity contribution in [2.45, 2.75) is 13.0 Å². The van der Waals surface area contributed by atoms with Gasteiger partial charge in [-0.15, -0.1) is 0 Å². The summed E-state index contributed by atoms with van der Waals surface area (Å²) >= 11 is 6.03. The summed E-state index contributed by atoms with van der Waals surface area (Å²) in [5.41, 5.74) is 1.83. The molecule has 94 valence electrons. The minimum atomic E-state index is 0.0318. The van der Waals surface area contributed by atoms with Gasteiger partial charge in [-0.2, -0.15) is 5.10 Å². The fourth-order valence-corrected chi connectivity index (χ4v) is 1.87. The molecule has 5 heteroatoms. The van der Waals surface area contributed by atoms with E-state index in [2.05, 4.69) is 10.2 Å². The van der Waals surface area contributed by atoms with Crippen LogP contribution in [0.1, 0.15) is 11.1 Å². The van der Waals surface area contributed by atoms with Gasteiger partial charge >= 0.3 is 0 Å². The molecule has 1 amide bonds. The van der Waals surface area contributed by atoms with Gasteiger partial charge < -0.3 is 4.90 Å². The zero-order chi connectivity index (χ0) is 13.0. The van der Waals surface area contributed by atoms with Crippen molar-refractivity contribution in [2.75, 3.05) is 7.05 Å². The number of rotatable bonds is 4. The number of hydrogen-bond acceptors (Lipinski definition) is 2. The number of carbonyl (C=O) groups excluding carboxylic acids is 1. The molecule has 0 bridgehead atoms. The molecule has 0 saturated heterocycles. The Hall–Kier alpha value is -1.81. The first-order valence-electron chi connectivity index (χ1n) is 5.62. The molecule has 4 nitrogen and oxygen atoms in total. The molecule has 0 atom stereocenters. The summed E-state index contributed by atoms with van der Waals surface area (Å²) in [6.07, 6.45) is 3.80. The predicted octanol–water partition coefficient (Wildman–Crippen LogP) is 2.26. The number of nitrogens with zero attached hydrogens (tertiary/aromatic N) is 2. The summed E-state index contributed by atoms with van der Waals surface area (Å²) in [6, 6.07) is 7.39. The average Bonchev–Trinajstić information content (AvgIpc) is 2.84. The van der Waals surface area contributed by atoms with Crippen LogP contribution >= 0.6 is 11.6 Å². The molecule has 1 aromatic carbocycles. The maximum Gasteiger partial charge on any atom is 0.227 e. The molecule has 0 aliphatic heterocycles. The third kappa shape index (κ3) is 3.11. The van der Waals surface area contributed by atoms with Crippen LogP contribution in [0.25, 0.3) is 0 Å². The van der Waals surface area contributed by atoms with Gasteiger partial charge in [0.15, 0.2) is 0 Å². The molecule has 0 aliphatic carbocycles. The molecule has 2 aromatic rings. The summed E-state index contributed by atoms with van der Waals surface area (Å²) in [4.78, 5) is 13.7. The highest BCUT2D eigenvalue weighted by Gasteiger charge is 2.12. The monoisotopic (exact) mass is 263 g/mol. The van der Waals surface area contributed by atoms with Gasteiger partial charge in [-0.1, -0.05) is 29.8 Å². The molecule has 0 fully saturated rings. The molecule has 0 saturated carbocycles. The third-order valence-electron chi connectivity index (χ3n) is 2.70. The highest BCUT2D eigenvalue weighted by atomic mass is 35.5. The van der Waals surface area contributed by atoms with E-state index in [4.69, 9.17) is 11.6 Å². The van der Waals surface area contributed by atoms with Gasteiger partial charge in [0.2, 0.25) is 5.91 Å². The van der Waals surface area contributed by atoms with Crippen molar-refractivity contribution < 1.29 is 4.79 Å². The molecule has 0 aliphatic rings. The van der Waals surface area contributed by atoms with E-state index in [-0.39, 0.29) is 5.91 Å². The number of benzene rings is 1. The number of carbonyl (C=O) groups is 1. The maximum absolute atomic E-state index is 12.0. The maximum atomic E-state index is 12.0. The SMILES string of the molecule is CN(Cc1cn[nH]c1)C(=O)Cc1ccccc1Cl. The second-order valence-electron chi connectivity index (χ2n) is 4.12. The fourth-order valence-electron chi connectivity index (χ4n) is 1.67. The molecule has 0 unspecified atom stereocenters. The van der Waals surface area contributed by atoms with Gasteiger partial charge in [0.25, 0.3) is 0 Å². The Morgan fingerprint density at radius 2 is 2.22 bits per heavy atom. The van der Waals surface area contributed by atoms with E-state index in [9.17, 15) is 4.79 Å². The smallest absolute Gasteiger partial charge is 0.227 e. The minimum absolute atomic E-state index is 0.0318. The van der Waals surface area contributed by atoms with Crippen LogP contribution in [0.3, 0.4) is 0 Å². The van der Waals surface area contributed by atoms with Crippen molar-refractivity contribution in [3.8, 4) is 0 Å². The summed E-state index contributed by atoms with van der Waals surface area (Å²) in [5, 5.41) is 7.20. The van der Waals surface area contributed by atoms with Gasteiger partial charge in [-0.05, 0) is 11.6 Å². The van der Waals surface area contributed by atoms with Crippen LogP contribution in [0.4, 0.5) is 0 Å². The Labute approximate surface area is 111 Å². The molecule has 1 N–H and O–H groups in total. The van der Waals surface area contributed by atoms with Crippen molar-refractivity contribution in [1.82, 2.24) is 15.1 Å². The standard InChI is InChI=1S/C13H14ClN3O/c1-17(9-10-7-15-16-8-10)13(18)6-11-4-2-3-5-12(11)14/h2-5,7-8H,6,9H2,1H3,(H,15,16). The van der Waals surface area contributed by atoms with Crippen LogP contribution in [-0.4, -0.2) is 28.1 Å². The third-order valence-corrected chi connectivity index (χ3v) is 3.07. The molecular formula is C13H14ClN3O. The van der Waals surface area contributed by atoms with E-state index >= 15 is 0 Å². The second kappa shape index (κ2) is 5.69. The van der Waals surface area contributed by atoms with E-state index in [1.807, 2.05) is 18.2 Å². The largest absolute Gasteiger partial charge is 0.341 e. The average molecular weight is 264 g/mol. The van der Waals surface area contributed by atoms with E-state index in [0.717, 1.165) is 11.1 Å². The zero-order valence-corrected chi connectivity index (χ0v) is 10.8. The number of aromatic amines is 1. The first-order valence-corrected chi connectivity index (χ1v) is 5.99. The number of nitrogens with one attached hydrogen (secondary N) is 1. The van der Waals surface area contributed by atoms with Gasteiger partial charge in [-0.25, -0.2) is 0 Å². The van der Waals surface area contributed by atoms with Crippen LogP contribution in [-0.2, 0) is 17.8 Å². The topological polar surface area (TPSA) is 49.0 Å². The van der Waals surface area contributed by atoms with Crippen LogP contribution < -0.4 is 0 Å². The normalized spacial score (nSPS) is 10.3. The van der Waals surface area contributed by atoms with Gasteiger partial charge in [-0.3, -0.25) is 9.89 Å². The Morgan fingerprint density at radius 3 is 2.89 bits per heavy atom. The van der Waals surface area contributed by atoms with Crippen LogP contribution in [0.2, 0.25) is 5.02 Å².